The van der Waals surface area contributed by atoms with Crippen molar-refractivity contribution in [3.63, 3.8) is 0 Å². The Kier molecular flexibility index (Phi) is 11.4. The maximum atomic E-state index is 13.6. The number of aryl methyl sites for hydroxylation is 2. The largest absolute Gasteiger partial charge is 0.478 e. The molecule has 3 atom stereocenters. The minimum Gasteiger partial charge on any atom is -0.478 e. The van der Waals surface area contributed by atoms with Gasteiger partial charge in [0.15, 0.2) is 0 Å². The third kappa shape index (κ3) is 8.58. The number of nitrogens with zero attached hydrogens (tertiary/aromatic N) is 8. The third-order valence-electron chi connectivity index (χ3n) is 9.86. The molecule has 1 aromatic carbocycles. The number of anilines is 4. The second-order valence-corrected chi connectivity index (χ2v) is 14.8. The lowest BCUT2D eigenvalue weighted by Gasteiger charge is -2.41. The monoisotopic (exact) mass is 759 g/mol. The number of carbonyl (C=O) groups is 1. The lowest BCUT2D eigenvalue weighted by atomic mass is 10.1. The Morgan fingerprint density at radius 1 is 0.863 bits per heavy atom. The summed E-state index contributed by atoms with van der Waals surface area (Å²) in [6.45, 7) is 16.8. The van der Waals surface area contributed by atoms with Gasteiger partial charge in [-0.25, -0.2) is 24.1 Å². The molecule has 11 nitrogen and oxygen atoms in total. The van der Waals surface area contributed by atoms with E-state index in [9.17, 15) is 14.3 Å². The highest BCUT2D eigenvalue weighted by Gasteiger charge is 2.30. The number of aromatic carboxylic acids is 1. The van der Waals surface area contributed by atoms with Crippen molar-refractivity contribution in [1.82, 2.24) is 25.3 Å². The molecule has 3 aliphatic heterocycles. The Bertz CT molecular complexity index is 1850. The molecule has 270 valence electrons. The van der Waals surface area contributed by atoms with Crippen LogP contribution in [0.2, 0.25) is 0 Å². The van der Waals surface area contributed by atoms with Crippen LogP contribution in [0.25, 0.3) is 11.3 Å². The number of pyridine rings is 2. The molecule has 4 aromatic rings. The van der Waals surface area contributed by atoms with Gasteiger partial charge < -0.3 is 30.0 Å². The fourth-order valence-corrected chi connectivity index (χ4v) is 7.64. The quantitative estimate of drug-likeness (QED) is 0.230. The SMILES string of the molecule is Cc1cc(Br)cnc1N1CCN[C@H](C)C1.Cc1cc(C(=O)O)cnc1N1CCN(c2cc(-c3ccc(F)cc3)nc(N3CCCC3C)n2)[C@H](C)C1. The van der Waals surface area contributed by atoms with Crippen LogP contribution in [0.5, 0.6) is 0 Å². The number of rotatable bonds is 6. The van der Waals surface area contributed by atoms with Crippen molar-refractivity contribution in [2.75, 3.05) is 65.4 Å². The number of halogens is 2. The van der Waals surface area contributed by atoms with E-state index in [0.717, 1.165) is 97.4 Å². The van der Waals surface area contributed by atoms with E-state index < -0.39 is 5.97 Å². The van der Waals surface area contributed by atoms with Crippen LogP contribution in [0.4, 0.5) is 27.8 Å². The van der Waals surface area contributed by atoms with E-state index in [0.29, 0.717) is 18.0 Å². The smallest absolute Gasteiger partial charge is 0.337 e. The molecule has 7 rings (SSSR count). The first kappa shape index (κ1) is 36.4. The summed E-state index contributed by atoms with van der Waals surface area (Å²) in [5.74, 6) is 2.26. The highest BCUT2D eigenvalue weighted by Crippen LogP contribution is 2.31. The summed E-state index contributed by atoms with van der Waals surface area (Å²) < 4.78 is 14.6. The predicted octanol–water partition coefficient (Wildman–Crippen LogP) is 6.34. The molecule has 51 heavy (non-hydrogen) atoms. The lowest BCUT2D eigenvalue weighted by Crippen LogP contribution is -2.53. The Balaban J connectivity index is 0.000000249. The number of piperazine rings is 2. The van der Waals surface area contributed by atoms with Crippen molar-refractivity contribution in [2.45, 2.75) is 65.6 Å². The van der Waals surface area contributed by atoms with Gasteiger partial charge in [-0.05, 0) is 111 Å². The molecule has 6 heterocycles. The normalized spacial score (nSPS) is 20.6. The molecule has 0 aliphatic carbocycles. The van der Waals surface area contributed by atoms with Crippen LogP contribution in [-0.4, -0.2) is 95.0 Å². The lowest BCUT2D eigenvalue weighted by molar-refractivity contribution is 0.0696. The van der Waals surface area contributed by atoms with Crippen LogP contribution >= 0.6 is 15.9 Å². The summed E-state index contributed by atoms with van der Waals surface area (Å²) in [6.07, 6.45) is 5.52. The first-order valence-electron chi connectivity index (χ1n) is 17.7. The summed E-state index contributed by atoms with van der Waals surface area (Å²) in [5.41, 5.74) is 3.92. The van der Waals surface area contributed by atoms with Gasteiger partial charge in [0.2, 0.25) is 5.95 Å². The molecule has 0 spiro atoms. The van der Waals surface area contributed by atoms with Crippen LogP contribution in [0.3, 0.4) is 0 Å². The molecule has 2 N–H and O–H groups in total. The summed E-state index contributed by atoms with van der Waals surface area (Å²) in [5, 5.41) is 12.7. The van der Waals surface area contributed by atoms with Crippen LogP contribution in [0.1, 0.15) is 55.1 Å². The Labute approximate surface area is 308 Å². The molecular weight excluding hydrogens is 713 g/mol. The topological polar surface area (TPSA) is 114 Å². The second-order valence-electron chi connectivity index (χ2n) is 13.9. The number of carboxylic acids is 1. The van der Waals surface area contributed by atoms with Crippen molar-refractivity contribution in [1.29, 1.82) is 0 Å². The van der Waals surface area contributed by atoms with Crippen molar-refractivity contribution in [3.05, 3.63) is 81.8 Å². The second kappa shape index (κ2) is 15.9. The third-order valence-corrected chi connectivity index (χ3v) is 10.3. The maximum absolute atomic E-state index is 13.6. The first-order valence-corrected chi connectivity index (χ1v) is 18.5. The van der Waals surface area contributed by atoms with Crippen LogP contribution in [0.15, 0.2) is 59.3 Å². The molecule has 0 bridgehead atoms. The molecule has 0 amide bonds. The van der Waals surface area contributed by atoms with E-state index >= 15 is 0 Å². The molecule has 0 saturated carbocycles. The molecule has 3 fully saturated rings. The van der Waals surface area contributed by atoms with Crippen molar-refractivity contribution in [2.24, 2.45) is 0 Å². The molecule has 3 saturated heterocycles. The van der Waals surface area contributed by atoms with Gasteiger partial charge in [0, 0.05) is 92.4 Å². The Hall–Kier alpha value is -4.36. The van der Waals surface area contributed by atoms with Gasteiger partial charge in [0.25, 0.3) is 0 Å². The fourth-order valence-electron chi connectivity index (χ4n) is 7.19. The number of nitrogens with one attached hydrogen (secondary N) is 1. The molecule has 0 radical (unpaired) electrons. The summed E-state index contributed by atoms with van der Waals surface area (Å²) >= 11 is 3.44. The zero-order valence-corrected chi connectivity index (χ0v) is 31.6. The van der Waals surface area contributed by atoms with Gasteiger partial charge in [-0.1, -0.05) is 0 Å². The van der Waals surface area contributed by atoms with Crippen molar-refractivity contribution in [3.8, 4) is 11.3 Å². The molecule has 13 heteroatoms. The number of hydrogen-bond acceptors (Lipinski definition) is 10. The average molecular weight is 761 g/mol. The minimum absolute atomic E-state index is 0.138. The number of aromatic nitrogens is 4. The fraction of sp³-hybridized carbons (Fsp3) is 0.447. The standard InChI is InChI=1S/C27H31FN6O2.C11H16BrN3/c1-17-13-21(26(35)36)15-29-25(17)32-11-12-33(19(3)16-32)24-14-23(20-6-8-22(28)9-7-20)30-27(31-24)34-10-4-5-18(34)2;1-8-5-10(12)6-14-11(8)15-4-3-13-9(2)7-15/h6-9,13-15,18-19H,4-5,10-12,16H2,1-3H3,(H,35,36);5-6,9,13H,3-4,7H2,1-2H3/t18?,19-;9-/m11/s1. The van der Waals surface area contributed by atoms with Crippen molar-refractivity contribution >= 4 is 45.3 Å². The Morgan fingerprint density at radius 2 is 1.57 bits per heavy atom. The Morgan fingerprint density at radius 3 is 2.20 bits per heavy atom. The number of hydrogen-bond donors (Lipinski definition) is 2. The summed E-state index contributed by atoms with van der Waals surface area (Å²) in [7, 11) is 0. The highest BCUT2D eigenvalue weighted by atomic mass is 79.9. The van der Waals surface area contributed by atoms with Gasteiger partial charge >= 0.3 is 5.97 Å². The van der Waals surface area contributed by atoms with E-state index in [1.54, 1.807) is 18.2 Å². The molecule has 3 aromatic heterocycles. The maximum Gasteiger partial charge on any atom is 0.337 e. The van der Waals surface area contributed by atoms with Crippen LogP contribution < -0.4 is 24.9 Å². The minimum atomic E-state index is -0.973. The number of carboxylic acid groups (broad SMARTS) is 1. The zero-order valence-electron chi connectivity index (χ0n) is 30.0. The predicted molar refractivity (Wildman–Crippen MR) is 205 cm³/mol. The van der Waals surface area contributed by atoms with E-state index in [1.807, 2.05) is 19.2 Å². The van der Waals surface area contributed by atoms with Gasteiger partial charge in [-0.2, -0.15) is 4.98 Å². The summed E-state index contributed by atoms with van der Waals surface area (Å²) in [6, 6.07) is 13.3. The highest BCUT2D eigenvalue weighted by molar-refractivity contribution is 9.10. The van der Waals surface area contributed by atoms with Crippen molar-refractivity contribution < 1.29 is 14.3 Å². The molecule has 3 aliphatic rings. The van der Waals surface area contributed by atoms with E-state index in [4.69, 9.17) is 9.97 Å². The van der Waals surface area contributed by atoms with E-state index in [2.05, 4.69) is 84.6 Å². The van der Waals surface area contributed by atoms with Gasteiger partial charge in [0.1, 0.15) is 23.3 Å². The molecule has 1 unspecified atom stereocenters. The van der Waals surface area contributed by atoms with Gasteiger partial charge in [-0.3, -0.25) is 0 Å². The summed E-state index contributed by atoms with van der Waals surface area (Å²) in [4.78, 5) is 39.2. The van der Waals surface area contributed by atoms with Gasteiger partial charge in [0.05, 0.1) is 11.3 Å². The zero-order chi connectivity index (χ0) is 36.2. The number of benzene rings is 1. The van der Waals surface area contributed by atoms with E-state index in [1.165, 1.54) is 23.9 Å². The molecular formula is C38H47BrFN9O2. The first-order chi connectivity index (χ1) is 24.5. The average Bonchev–Trinajstić information content (AvgIpc) is 3.54. The van der Waals surface area contributed by atoms with E-state index in [-0.39, 0.29) is 17.4 Å². The van der Waals surface area contributed by atoms with Gasteiger partial charge in [-0.15, -0.1) is 0 Å². The van der Waals surface area contributed by atoms with Crippen LogP contribution in [0, 0.1) is 19.7 Å². The van der Waals surface area contributed by atoms with Crippen LogP contribution in [-0.2, 0) is 0 Å².